The molecule has 0 spiro atoms. The van der Waals surface area contributed by atoms with Gasteiger partial charge in [-0.15, -0.1) is 6.42 Å². The van der Waals surface area contributed by atoms with Crippen LogP contribution >= 0.6 is 0 Å². The number of nitrogens with zero attached hydrogens (tertiary/aromatic N) is 4. The number of aromatic nitrogens is 4. The molecule has 0 unspecified atom stereocenters. The molecule has 0 saturated heterocycles. The molecule has 0 aliphatic rings. The van der Waals surface area contributed by atoms with Crippen LogP contribution in [0.3, 0.4) is 0 Å². The second-order valence-electron chi connectivity index (χ2n) is 5.51. The van der Waals surface area contributed by atoms with Crippen LogP contribution in [0.2, 0.25) is 0 Å². The highest BCUT2D eigenvalue weighted by Crippen LogP contribution is 2.19. The van der Waals surface area contributed by atoms with Crippen molar-refractivity contribution in [2.24, 2.45) is 0 Å². The highest BCUT2D eigenvalue weighted by Gasteiger charge is 2.15. The molecular weight excluding hydrogens is 340 g/mol. The van der Waals surface area contributed by atoms with Crippen molar-refractivity contribution < 1.29 is 8.42 Å². The van der Waals surface area contributed by atoms with E-state index in [1.807, 2.05) is 0 Å². The van der Waals surface area contributed by atoms with E-state index in [1.165, 1.54) is 24.7 Å². The van der Waals surface area contributed by atoms with Crippen molar-refractivity contribution in [3.63, 3.8) is 0 Å². The molecule has 0 radical (unpaired) electrons. The number of fused-ring (bicyclic) bond motifs is 1. The topological polar surface area (TPSA) is 104 Å². The first kappa shape index (κ1) is 16.9. The number of H-pyrrole nitrogens is 1. The summed E-state index contributed by atoms with van der Waals surface area (Å²) in [6, 6.07) is 7.03. The standard InChI is InChI=1S/C16H16N6O2S/c1-4-13-14-15(18-10-17-14)21-16(20-13)19-12-7-5-6-11(8-12)9-25(23,24)22(2)3/h1,5-8,10H,9H2,2-3H3,(H2,17,18,19,20,21). The second kappa shape index (κ2) is 6.51. The van der Waals surface area contributed by atoms with Crippen LogP contribution in [0, 0.1) is 12.3 Å². The number of terminal acetylenes is 1. The molecule has 3 aromatic rings. The average Bonchev–Trinajstić information content (AvgIpc) is 3.02. The van der Waals surface area contributed by atoms with Crippen molar-refractivity contribution in [3.05, 3.63) is 41.9 Å². The molecule has 0 amide bonds. The van der Waals surface area contributed by atoms with E-state index >= 15 is 0 Å². The summed E-state index contributed by atoms with van der Waals surface area (Å²) in [6.45, 7) is 0. The quantitative estimate of drug-likeness (QED) is 0.671. The Labute approximate surface area is 145 Å². The zero-order chi connectivity index (χ0) is 18.0. The lowest BCUT2D eigenvalue weighted by molar-refractivity contribution is 0.520. The lowest BCUT2D eigenvalue weighted by Crippen LogP contribution is -2.23. The lowest BCUT2D eigenvalue weighted by Gasteiger charge is -2.12. The van der Waals surface area contributed by atoms with E-state index in [-0.39, 0.29) is 5.75 Å². The number of hydrogen-bond acceptors (Lipinski definition) is 6. The Balaban J connectivity index is 1.89. The smallest absolute Gasteiger partial charge is 0.230 e. The molecule has 2 heterocycles. The monoisotopic (exact) mass is 356 g/mol. The summed E-state index contributed by atoms with van der Waals surface area (Å²) in [5.41, 5.74) is 2.76. The maximum atomic E-state index is 12.0. The Morgan fingerprint density at radius 2 is 2.12 bits per heavy atom. The van der Waals surface area contributed by atoms with Gasteiger partial charge in [-0.2, -0.15) is 4.98 Å². The van der Waals surface area contributed by atoms with E-state index in [0.29, 0.717) is 34.1 Å². The summed E-state index contributed by atoms with van der Waals surface area (Å²) < 4.78 is 25.2. The first-order valence-electron chi connectivity index (χ1n) is 7.33. The molecule has 0 saturated carbocycles. The van der Waals surface area contributed by atoms with Crippen molar-refractivity contribution in [2.45, 2.75) is 5.75 Å². The minimum atomic E-state index is -3.34. The molecule has 9 heteroatoms. The Morgan fingerprint density at radius 3 is 2.84 bits per heavy atom. The van der Waals surface area contributed by atoms with E-state index in [9.17, 15) is 8.42 Å². The van der Waals surface area contributed by atoms with E-state index in [0.717, 1.165) is 0 Å². The van der Waals surface area contributed by atoms with Gasteiger partial charge < -0.3 is 10.3 Å². The van der Waals surface area contributed by atoms with Crippen LogP contribution in [0.25, 0.3) is 11.2 Å². The average molecular weight is 356 g/mol. The number of sulfonamides is 1. The third-order valence-corrected chi connectivity index (χ3v) is 5.32. The van der Waals surface area contributed by atoms with Crippen LogP contribution in [0.4, 0.5) is 11.6 Å². The fourth-order valence-corrected chi connectivity index (χ4v) is 3.06. The number of benzene rings is 1. The first-order valence-corrected chi connectivity index (χ1v) is 8.94. The van der Waals surface area contributed by atoms with Gasteiger partial charge in [0.2, 0.25) is 16.0 Å². The predicted octanol–water partition coefficient (Wildman–Crippen LogP) is 1.47. The summed E-state index contributed by atoms with van der Waals surface area (Å²) in [5, 5.41) is 3.04. The molecule has 8 nitrogen and oxygen atoms in total. The fraction of sp³-hybridized carbons (Fsp3) is 0.188. The molecule has 0 aliphatic heterocycles. The second-order valence-corrected chi connectivity index (χ2v) is 7.69. The molecule has 25 heavy (non-hydrogen) atoms. The normalized spacial score (nSPS) is 11.6. The van der Waals surface area contributed by atoms with Crippen molar-refractivity contribution in [2.75, 3.05) is 19.4 Å². The molecule has 1 aromatic carbocycles. The van der Waals surface area contributed by atoms with Gasteiger partial charge >= 0.3 is 0 Å². The van der Waals surface area contributed by atoms with Crippen molar-refractivity contribution >= 4 is 32.8 Å². The summed E-state index contributed by atoms with van der Waals surface area (Å²) in [5.74, 6) is 2.69. The third-order valence-electron chi connectivity index (χ3n) is 3.51. The summed E-state index contributed by atoms with van der Waals surface area (Å²) in [4.78, 5) is 15.5. The highest BCUT2D eigenvalue weighted by molar-refractivity contribution is 7.88. The number of anilines is 2. The summed E-state index contributed by atoms with van der Waals surface area (Å²) in [7, 11) is -0.328. The van der Waals surface area contributed by atoms with Gasteiger partial charge in [0, 0.05) is 19.8 Å². The number of aromatic amines is 1. The van der Waals surface area contributed by atoms with Crippen LogP contribution in [-0.2, 0) is 15.8 Å². The highest BCUT2D eigenvalue weighted by atomic mass is 32.2. The molecular formula is C16H16N6O2S. The largest absolute Gasteiger partial charge is 0.341 e. The summed E-state index contributed by atoms with van der Waals surface area (Å²) in [6.07, 6.45) is 6.97. The molecule has 0 fully saturated rings. The Hall–Kier alpha value is -2.96. The van der Waals surface area contributed by atoms with Crippen molar-refractivity contribution in [1.82, 2.24) is 24.2 Å². The SMILES string of the molecule is C#Cc1nc(Nc2cccc(CS(=O)(=O)N(C)C)c2)nc2nc[nH]c12. The number of imidazole rings is 1. The molecule has 3 rings (SSSR count). The molecule has 2 aromatic heterocycles. The van der Waals surface area contributed by atoms with E-state index < -0.39 is 10.0 Å². The van der Waals surface area contributed by atoms with Gasteiger partial charge in [-0.1, -0.05) is 12.1 Å². The van der Waals surface area contributed by atoms with E-state index in [2.05, 4.69) is 31.2 Å². The molecule has 128 valence electrons. The van der Waals surface area contributed by atoms with Crippen molar-refractivity contribution in [1.29, 1.82) is 0 Å². The minimum Gasteiger partial charge on any atom is -0.341 e. The third kappa shape index (κ3) is 3.60. The number of rotatable bonds is 5. The van der Waals surface area contributed by atoms with E-state index in [4.69, 9.17) is 6.42 Å². The molecule has 0 bridgehead atoms. The zero-order valence-electron chi connectivity index (χ0n) is 13.7. The lowest BCUT2D eigenvalue weighted by atomic mass is 10.2. The van der Waals surface area contributed by atoms with Gasteiger partial charge in [-0.3, -0.25) is 0 Å². The van der Waals surface area contributed by atoms with Crippen LogP contribution < -0.4 is 5.32 Å². The maximum absolute atomic E-state index is 12.0. The van der Waals surface area contributed by atoms with Crippen LogP contribution in [-0.4, -0.2) is 46.8 Å². The van der Waals surface area contributed by atoms with Crippen LogP contribution in [0.5, 0.6) is 0 Å². The van der Waals surface area contributed by atoms with Gasteiger partial charge in [0.25, 0.3) is 0 Å². The predicted molar refractivity (Wildman–Crippen MR) is 95.7 cm³/mol. The fourth-order valence-electron chi connectivity index (χ4n) is 2.20. The first-order chi connectivity index (χ1) is 11.9. The number of hydrogen-bond donors (Lipinski definition) is 2. The molecule has 2 N–H and O–H groups in total. The Bertz CT molecular complexity index is 1070. The van der Waals surface area contributed by atoms with Gasteiger partial charge in [0.05, 0.1) is 12.1 Å². The van der Waals surface area contributed by atoms with Gasteiger partial charge in [-0.25, -0.2) is 22.7 Å². The van der Waals surface area contributed by atoms with Gasteiger partial charge in [-0.05, 0) is 23.6 Å². The van der Waals surface area contributed by atoms with Crippen molar-refractivity contribution in [3.8, 4) is 12.3 Å². The Morgan fingerprint density at radius 1 is 1.32 bits per heavy atom. The Kier molecular flexibility index (Phi) is 4.39. The molecule has 0 atom stereocenters. The maximum Gasteiger partial charge on any atom is 0.230 e. The van der Waals surface area contributed by atoms with Gasteiger partial charge in [0.1, 0.15) is 11.2 Å². The van der Waals surface area contributed by atoms with Crippen LogP contribution in [0.15, 0.2) is 30.6 Å². The summed E-state index contributed by atoms with van der Waals surface area (Å²) >= 11 is 0. The van der Waals surface area contributed by atoms with E-state index in [1.54, 1.807) is 24.3 Å². The number of nitrogens with one attached hydrogen (secondary N) is 2. The van der Waals surface area contributed by atoms with Crippen LogP contribution in [0.1, 0.15) is 11.3 Å². The molecule has 0 aliphatic carbocycles. The minimum absolute atomic E-state index is 0.0929. The zero-order valence-corrected chi connectivity index (χ0v) is 14.5. The van der Waals surface area contributed by atoms with Gasteiger partial charge in [0.15, 0.2) is 5.65 Å².